The van der Waals surface area contributed by atoms with Crippen molar-refractivity contribution >= 4 is 0 Å². The molecule has 1 saturated carbocycles. The highest BCUT2D eigenvalue weighted by atomic mass is 16.5. The van der Waals surface area contributed by atoms with Crippen LogP contribution in [0.25, 0.3) is 0 Å². The summed E-state index contributed by atoms with van der Waals surface area (Å²) in [6.45, 7) is 18.2. The minimum absolute atomic E-state index is 0.0974. The monoisotopic (exact) mass is 284 g/mol. The Morgan fingerprint density at radius 2 is 1.40 bits per heavy atom. The zero-order valence-corrected chi connectivity index (χ0v) is 15.7. The maximum absolute atomic E-state index is 5.51. The van der Waals surface area contributed by atoms with Gasteiger partial charge in [-0.2, -0.15) is 0 Å². The van der Waals surface area contributed by atoms with Gasteiger partial charge in [-0.15, -0.1) is 0 Å². The Morgan fingerprint density at radius 3 is 1.65 bits per heavy atom. The summed E-state index contributed by atoms with van der Waals surface area (Å²) in [5.41, 5.74) is 0.619. The molecule has 0 radical (unpaired) electrons. The molecule has 1 aliphatic rings. The predicted molar refractivity (Wildman–Crippen MR) is 91.1 cm³/mol. The smallest absolute Gasteiger partial charge is 0.0650 e. The van der Waals surface area contributed by atoms with Gasteiger partial charge < -0.3 is 4.74 Å². The molecule has 0 saturated heterocycles. The third kappa shape index (κ3) is 9.00. The summed E-state index contributed by atoms with van der Waals surface area (Å²) in [7, 11) is 1.83. The van der Waals surface area contributed by atoms with Crippen LogP contribution < -0.4 is 0 Å². The fourth-order valence-corrected chi connectivity index (χ4v) is 3.35. The van der Waals surface area contributed by atoms with E-state index in [-0.39, 0.29) is 5.60 Å². The minimum atomic E-state index is 0.0974. The maximum Gasteiger partial charge on any atom is 0.0650 e. The molecule has 1 rings (SSSR count). The number of hydrogen-bond donors (Lipinski definition) is 0. The quantitative estimate of drug-likeness (QED) is 0.589. The molecule has 122 valence electrons. The van der Waals surface area contributed by atoms with Gasteiger partial charge in [0.2, 0.25) is 0 Å². The molecular weight excluding hydrogens is 244 g/mol. The molecule has 0 amide bonds. The molecule has 0 unspecified atom stereocenters. The molecule has 0 aromatic heterocycles. The van der Waals surface area contributed by atoms with Crippen LogP contribution in [0.5, 0.6) is 0 Å². The lowest BCUT2D eigenvalue weighted by atomic mass is 9.75. The molecule has 0 aromatic carbocycles. The third-order valence-corrected chi connectivity index (χ3v) is 4.55. The summed E-state index contributed by atoms with van der Waals surface area (Å²) < 4.78 is 5.51. The Balaban J connectivity index is 0.000000396. The van der Waals surface area contributed by atoms with Gasteiger partial charge >= 0.3 is 0 Å². The summed E-state index contributed by atoms with van der Waals surface area (Å²) in [5, 5.41) is 0. The van der Waals surface area contributed by atoms with Gasteiger partial charge in [0.1, 0.15) is 0 Å². The van der Waals surface area contributed by atoms with E-state index in [1.807, 2.05) is 7.11 Å². The summed E-state index contributed by atoms with van der Waals surface area (Å²) in [4.78, 5) is 0. The van der Waals surface area contributed by atoms with Gasteiger partial charge in [-0.3, -0.25) is 0 Å². The van der Waals surface area contributed by atoms with Crippen LogP contribution in [0, 0.1) is 23.2 Å². The summed E-state index contributed by atoms with van der Waals surface area (Å²) in [6.07, 6.45) is 6.80. The summed E-state index contributed by atoms with van der Waals surface area (Å²) >= 11 is 0. The van der Waals surface area contributed by atoms with Crippen molar-refractivity contribution in [3.05, 3.63) is 0 Å². The Morgan fingerprint density at radius 1 is 0.950 bits per heavy atom. The molecule has 20 heavy (non-hydrogen) atoms. The number of methoxy groups -OCH3 is 1. The topological polar surface area (TPSA) is 9.23 Å². The van der Waals surface area contributed by atoms with Crippen molar-refractivity contribution in [3.63, 3.8) is 0 Å². The van der Waals surface area contributed by atoms with Crippen molar-refractivity contribution in [3.8, 4) is 0 Å². The Labute approximate surface area is 128 Å². The molecule has 0 heterocycles. The largest absolute Gasteiger partial charge is 0.379 e. The lowest BCUT2D eigenvalue weighted by Crippen LogP contribution is -2.35. The lowest BCUT2D eigenvalue weighted by Gasteiger charge is -2.37. The van der Waals surface area contributed by atoms with Gasteiger partial charge in [0.05, 0.1) is 5.60 Å². The molecule has 0 aromatic rings. The second kappa shape index (κ2) is 8.41. The van der Waals surface area contributed by atoms with E-state index in [1.165, 1.54) is 32.1 Å². The molecule has 0 N–H and O–H groups in total. The molecule has 0 aliphatic heterocycles. The van der Waals surface area contributed by atoms with Gasteiger partial charge in [0, 0.05) is 7.11 Å². The zero-order valence-electron chi connectivity index (χ0n) is 15.7. The fourth-order valence-electron chi connectivity index (χ4n) is 3.35. The molecule has 1 heteroatoms. The highest BCUT2D eigenvalue weighted by Gasteiger charge is 2.31. The number of rotatable bonds is 3. The van der Waals surface area contributed by atoms with Crippen LogP contribution in [0.3, 0.4) is 0 Å². The Hall–Kier alpha value is -0.0400. The highest BCUT2D eigenvalue weighted by molar-refractivity contribution is 4.83. The fraction of sp³-hybridized carbons (Fsp3) is 1.00. The maximum atomic E-state index is 5.51. The van der Waals surface area contributed by atoms with Gasteiger partial charge in [0.25, 0.3) is 0 Å². The van der Waals surface area contributed by atoms with E-state index in [9.17, 15) is 0 Å². The van der Waals surface area contributed by atoms with Crippen LogP contribution in [0.2, 0.25) is 0 Å². The van der Waals surface area contributed by atoms with Crippen molar-refractivity contribution < 1.29 is 4.74 Å². The van der Waals surface area contributed by atoms with Crippen LogP contribution in [-0.2, 0) is 4.74 Å². The van der Waals surface area contributed by atoms with E-state index in [0.29, 0.717) is 5.41 Å². The van der Waals surface area contributed by atoms with E-state index in [2.05, 4.69) is 55.4 Å². The first-order chi connectivity index (χ1) is 8.98. The second-order valence-electron chi connectivity index (χ2n) is 8.92. The van der Waals surface area contributed by atoms with Gasteiger partial charge in [-0.1, -0.05) is 54.4 Å². The predicted octanol–water partition coefficient (Wildman–Crippen LogP) is 6.32. The average Bonchev–Trinajstić information content (AvgIpc) is 2.27. The molecule has 1 aliphatic carbocycles. The first-order valence-electron chi connectivity index (χ1n) is 8.53. The van der Waals surface area contributed by atoms with E-state index < -0.39 is 0 Å². The summed E-state index contributed by atoms with van der Waals surface area (Å²) in [6, 6.07) is 0. The molecule has 1 fully saturated rings. The van der Waals surface area contributed by atoms with Crippen molar-refractivity contribution in [1.82, 2.24) is 0 Å². The van der Waals surface area contributed by atoms with E-state index in [1.54, 1.807) is 0 Å². The van der Waals surface area contributed by atoms with Gasteiger partial charge in [0.15, 0.2) is 0 Å². The minimum Gasteiger partial charge on any atom is -0.379 e. The molecular formula is C19H40O. The average molecular weight is 285 g/mol. The normalized spacial score (nSPS) is 24.3. The van der Waals surface area contributed by atoms with Crippen molar-refractivity contribution in [2.45, 2.75) is 93.1 Å². The molecule has 0 atom stereocenters. The van der Waals surface area contributed by atoms with Crippen LogP contribution in [0.1, 0.15) is 87.5 Å². The van der Waals surface area contributed by atoms with E-state index >= 15 is 0 Å². The second-order valence-corrected chi connectivity index (χ2v) is 8.92. The van der Waals surface area contributed by atoms with Crippen LogP contribution in [0.4, 0.5) is 0 Å². The van der Waals surface area contributed by atoms with E-state index in [4.69, 9.17) is 4.74 Å². The standard InChI is InChI=1S/C11H22O.C8H18/c1-9-5-7-10(8-6-9)11(2,3)12-4;1-7(2)6-8(3,4)5/h9-10H,5-8H2,1-4H3;7H,6H2,1-5H3. The number of hydrogen-bond acceptors (Lipinski definition) is 1. The van der Waals surface area contributed by atoms with Crippen molar-refractivity contribution in [2.24, 2.45) is 23.2 Å². The first kappa shape index (κ1) is 20.0. The van der Waals surface area contributed by atoms with Crippen LogP contribution >= 0.6 is 0 Å². The van der Waals surface area contributed by atoms with E-state index in [0.717, 1.165) is 17.8 Å². The SMILES string of the molecule is CC(C)CC(C)(C)C.COC(C)(C)C1CCC(C)CC1. The highest BCUT2D eigenvalue weighted by Crippen LogP contribution is 2.36. The molecule has 0 spiro atoms. The molecule has 1 nitrogen and oxygen atoms in total. The summed E-state index contributed by atoms with van der Waals surface area (Å²) in [5.74, 6) is 2.56. The Kier molecular flexibility index (Phi) is 8.40. The van der Waals surface area contributed by atoms with Crippen LogP contribution in [-0.4, -0.2) is 12.7 Å². The third-order valence-electron chi connectivity index (χ3n) is 4.55. The van der Waals surface area contributed by atoms with Crippen molar-refractivity contribution in [2.75, 3.05) is 7.11 Å². The zero-order chi connectivity index (χ0) is 16.0. The van der Waals surface area contributed by atoms with Crippen LogP contribution in [0.15, 0.2) is 0 Å². The van der Waals surface area contributed by atoms with Crippen molar-refractivity contribution in [1.29, 1.82) is 0 Å². The lowest BCUT2D eigenvalue weighted by molar-refractivity contribution is -0.0437. The van der Waals surface area contributed by atoms with Gasteiger partial charge in [-0.25, -0.2) is 0 Å². The van der Waals surface area contributed by atoms with Gasteiger partial charge in [-0.05, 0) is 56.3 Å². The molecule has 0 bridgehead atoms. The Bertz CT molecular complexity index is 239. The first-order valence-corrected chi connectivity index (χ1v) is 8.53. The number of ether oxygens (including phenoxy) is 1.